The summed E-state index contributed by atoms with van der Waals surface area (Å²) in [7, 11) is 3.13. The number of carbonyl (C=O) groups is 2. The molecule has 0 N–H and O–H groups in total. The summed E-state index contributed by atoms with van der Waals surface area (Å²) >= 11 is 0. The molecule has 0 unspecified atom stereocenters. The summed E-state index contributed by atoms with van der Waals surface area (Å²) in [5, 5.41) is 0. The summed E-state index contributed by atoms with van der Waals surface area (Å²) in [5.74, 6) is 1.12. The number of Topliss-reactive ketones (excluding diaryl/α,β-unsaturated/α-hetero) is 1. The van der Waals surface area contributed by atoms with E-state index >= 15 is 0 Å². The van der Waals surface area contributed by atoms with Crippen molar-refractivity contribution in [3.8, 4) is 11.5 Å². The Morgan fingerprint density at radius 2 is 1.89 bits per heavy atom. The second kappa shape index (κ2) is 5.08. The maximum atomic E-state index is 11.5. The number of nitrogens with zero attached hydrogens (tertiary/aromatic N) is 1. The van der Waals surface area contributed by atoms with E-state index in [1.807, 2.05) is 12.1 Å². The standard InChI is InChI=1S/C13H15NO4/c1-17-11-4-3-9(5-12(11)18-2)7-14-8-10(15)6-13(14)16/h3-5H,6-8H2,1-2H3. The highest BCUT2D eigenvalue weighted by Crippen LogP contribution is 2.28. The Morgan fingerprint density at radius 1 is 1.17 bits per heavy atom. The molecule has 0 saturated carbocycles. The first-order valence-corrected chi connectivity index (χ1v) is 5.64. The van der Waals surface area contributed by atoms with Crippen LogP contribution in [0, 0.1) is 0 Å². The zero-order valence-corrected chi connectivity index (χ0v) is 10.4. The number of methoxy groups -OCH3 is 2. The van der Waals surface area contributed by atoms with Crippen molar-refractivity contribution < 1.29 is 19.1 Å². The van der Waals surface area contributed by atoms with Gasteiger partial charge in [0.2, 0.25) is 5.91 Å². The molecular weight excluding hydrogens is 234 g/mol. The molecule has 0 atom stereocenters. The molecule has 0 spiro atoms. The number of likely N-dealkylation sites (tertiary alicyclic amines) is 1. The Kier molecular flexibility index (Phi) is 3.50. The molecule has 1 aromatic rings. The Balaban J connectivity index is 2.14. The quantitative estimate of drug-likeness (QED) is 0.747. The number of ketones is 1. The Morgan fingerprint density at radius 3 is 2.44 bits per heavy atom. The van der Waals surface area contributed by atoms with Gasteiger partial charge in [0.25, 0.3) is 0 Å². The van der Waals surface area contributed by atoms with Crippen LogP contribution in [-0.4, -0.2) is 37.4 Å². The average molecular weight is 249 g/mol. The lowest BCUT2D eigenvalue weighted by Gasteiger charge is -2.16. The molecule has 1 heterocycles. The Labute approximate surface area is 105 Å². The molecule has 96 valence electrons. The molecule has 1 fully saturated rings. The third kappa shape index (κ3) is 2.45. The zero-order chi connectivity index (χ0) is 13.1. The van der Waals surface area contributed by atoms with Crippen LogP contribution in [0.2, 0.25) is 0 Å². The molecular formula is C13H15NO4. The average Bonchev–Trinajstić information content (AvgIpc) is 2.67. The molecule has 1 aromatic carbocycles. The topological polar surface area (TPSA) is 55.8 Å². The van der Waals surface area contributed by atoms with Crippen molar-refractivity contribution in [3.05, 3.63) is 23.8 Å². The molecule has 1 aliphatic heterocycles. The van der Waals surface area contributed by atoms with Gasteiger partial charge in [-0.15, -0.1) is 0 Å². The van der Waals surface area contributed by atoms with E-state index in [4.69, 9.17) is 9.47 Å². The van der Waals surface area contributed by atoms with Crippen LogP contribution in [0.5, 0.6) is 11.5 Å². The number of ether oxygens (including phenoxy) is 2. The Bertz CT molecular complexity index is 484. The van der Waals surface area contributed by atoms with Crippen LogP contribution in [0.15, 0.2) is 18.2 Å². The van der Waals surface area contributed by atoms with Crippen molar-refractivity contribution in [1.82, 2.24) is 4.90 Å². The van der Waals surface area contributed by atoms with Crippen molar-refractivity contribution in [2.45, 2.75) is 13.0 Å². The minimum atomic E-state index is -0.116. The molecule has 0 aromatic heterocycles. The summed E-state index contributed by atoms with van der Waals surface area (Å²) in [5.41, 5.74) is 0.913. The second-order valence-corrected chi connectivity index (χ2v) is 4.15. The van der Waals surface area contributed by atoms with Gasteiger partial charge < -0.3 is 14.4 Å². The monoisotopic (exact) mass is 249 g/mol. The van der Waals surface area contributed by atoms with Crippen molar-refractivity contribution in [2.75, 3.05) is 20.8 Å². The van der Waals surface area contributed by atoms with E-state index in [1.54, 1.807) is 25.2 Å². The maximum absolute atomic E-state index is 11.5. The number of amides is 1. The van der Waals surface area contributed by atoms with Crippen LogP contribution < -0.4 is 9.47 Å². The highest BCUT2D eigenvalue weighted by Gasteiger charge is 2.27. The molecule has 1 amide bonds. The molecule has 5 heteroatoms. The summed E-state index contributed by atoms with van der Waals surface area (Å²) in [6.07, 6.45) is 0.0211. The van der Waals surface area contributed by atoms with Gasteiger partial charge >= 0.3 is 0 Å². The molecule has 1 aliphatic rings. The van der Waals surface area contributed by atoms with Crippen LogP contribution in [0.3, 0.4) is 0 Å². The van der Waals surface area contributed by atoms with Gasteiger partial charge in [-0.3, -0.25) is 9.59 Å². The van der Waals surface area contributed by atoms with E-state index in [1.165, 1.54) is 0 Å². The first kappa shape index (κ1) is 12.4. The van der Waals surface area contributed by atoms with E-state index in [0.717, 1.165) is 5.56 Å². The molecule has 18 heavy (non-hydrogen) atoms. The summed E-state index contributed by atoms with van der Waals surface area (Å²) in [6.45, 7) is 0.623. The molecule has 0 aliphatic carbocycles. The van der Waals surface area contributed by atoms with Gasteiger partial charge in [-0.25, -0.2) is 0 Å². The predicted octanol–water partition coefficient (Wildman–Crippen LogP) is 1.01. The van der Waals surface area contributed by atoms with E-state index < -0.39 is 0 Å². The van der Waals surface area contributed by atoms with Crippen LogP contribution in [0.4, 0.5) is 0 Å². The highest BCUT2D eigenvalue weighted by atomic mass is 16.5. The van der Waals surface area contributed by atoms with Crippen molar-refractivity contribution in [2.24, 2.45) is 0 Å². The lowest BCUT2D eigenvalue weighted by Crippen LogP contribution is -2.24. The SMILES string of the molecule is COc1ccc(CN2CC(=O)CC2=O)cc1OC. The van der Waals surface area contributed by atoms with Gasteiger partial charge in [-0.1, -0.05) is 6.07 Å². The van der Waals surface area contributed by atoms with Gasteiger partial charge in [0.1, 0.15) is 0 Å². The minimum Gasteiger partial charge on any atom is -0.493 e. The summed E-state index contributed by atoms with van der Waals surface area (Å²) < 4.78 is 10.3. The number of hydrogen-bond donors (Lipinski definition) is 0. The zero-order valence-electron chi connectivity index (χ0n) is 10.4. The first-order valence-electron chi connectivity index (χ1n) is 5.64. The number of rotatable bonds is 4. The summed E-state index contributed by atoms with van der Waals surface area (Å²) in [6, 6.07) is 5.46. The van der Waals surface area contributed by atoms with E-state index in [2.05, 4.69) is 0 Å². The normalized spacial score (nSPS) is 15.1. The van der Waals surface area contributed by atoms with Gasteiger partial charge in [0, 0.05) is 6.54 Å². The molecule has 0 radical (unpaired) electrons. The first-order chi connectivity index (χ1) is 8.63. The smallest absolute Gasteiger partial charge is 0.230 e. The van der Waals surface area contributed by atoms with Crippen LogP contribution in [0.25, 0.3) is 0 Å². The molecule has 5 nitrogen and oxygen atoms in total. The van der Waals surface area contributed by atoms with Crippen molar-refractivity contribution >= 4 is 11.7 Å². The minimum absolute atomic E-state index is 0.0211. The Hall–Kier alpha value is -2.04. The molecule has 1 saturated heterocycles. The van der Waals surface area contributed by atoms with Gasteiger partial charge in [-0.2, -0.15) is 0 Å². The van der Waals surface area contributed by atoms with Crippen LogP contribution in [-0.2, 0) is 16.1 Å². The number of hydrogen-bond acceptors (Lipinski definition) is 4. The largest absolute Gasteiger partial charge is 0.493 e. The lowest BCUT2D eigenvalue weighted by molar-refractivity contribution is -0.128. The third-order valence-electron chi connectivity index (χ3n) is 2.89. The van der Waals surface area contributed by atoms with Gasteiger partial charge in [0.05, 0.1) is 27.2 Å². The summed E-state index contributed by atoms with van der Waals surface area (Å²) in [4.78, 5) is 24.2. The highest BCUT2D eigenvalue weighted by molar-refractivity contribution is 6.05. The fourth-order valence-corrected chi connectivity index (χ4v) is 1.98. The van der Waals surface area contributed by atoms with E-state index in [9.17, 15) is 9.59 Å². The predicted molar refractivity (Wildman–Crippen MR) is 64.6 cm³/mol. The number of carbonyl (C=O) groups excluding carboxylic acids is 2. The number of benzene rings is 1. The van der Waals surface area contributed by atoms with Crippen LogP contribution >= 0.6 is 0 Å². The van der Waals surface area contributed by atoms with E-state index in [-0.39, 0.29) is 24.7 Å². The fourth-order valence-electron chi connectivity index (χ4n) is 1.98. The van der Waals surface area contributed by atoms with Crippen molar-refractivity contribution in [3.63, 3.8) is 0 Å². The van der Waals surface area contributed by atoms with E-state index in [0.29, 0.717) is 18.0 Å². The van der Waals surface area contributed by atoms with Gasteiger partial charge in [0.15, 0.2) is 17.3 Å². The molecule has 0 bridgehead atoms. The van der Waals surface area contributed by atoms with Crippen LogP contribution in [0.1, 0.15) is 12.0 Å². The maximum Gasteiger partial charge on any atom is 0.230 e. The third-order valence-corrected chi connectivity index (χ3v) is 2.89. The lowest BCUT2D eigenvalue weighted by atomic mass is 10.2. The molecule has 2 rings (SSSR count). The van der Waals surface area contributed by atoms with Crippen molar-refractivity contribution in [1.29, 1.82) is 0 Å². The fraction of sp³-hybridized carbons (Fsp3) is 0.385. The second-order valence-electron chi connectivity index (χ2n) is 4.15. The van der Waals surface area contributed by atoms with Gasteiger partial charge in [-0.05, 0) is 17.7 Å².